The molecule has 26 heavy (non-hydrogen) atoms. The molecule has 1 fully saturated rings. The number of carbonyl (C=O) groups excluding carboxylic acids is 1. The van der Waals surface area contributed by atoms with Gasteiger partial charge in [0.25, 0.3) is 5.91 Å². The lowest BCUT2D eigenvalue weighted by Crippen LogP contribution is -2.55. The molecule has 0 aliphatic carbocycles. The molecule has 0 spiro atoms. The summed E-state index contributed by atoms with van der Waals surface area (Å²) in [4.78, 5) is 18.7. The Morgan fingerprint density at radius 1 is 1.23 bits per heavy atom. The monoisotopic (exact) mass is 399 g/mol. The van der Waals surface area contributed by atoms with E-state index in [0.29, 0.717) is 31.0 Å². The number of nitrogens with zero attached hydrogens (tertiary/aromatic N) is 2. The molecule has 0 bridgehead atoms. The Balaban J connectivity index is 0.00000169. The van der Waals surface area contributed by atoms with Crippen molar-refractivity contribution in [3.05, 3.63) is 54.4 Å². The van der Waals surface area contributed by atoms with Gasteiger partial charge in [0.2, 0.25) is 0 Å². The second-order valence-electron chi connectivity index (χ2n) is 5.58. The third-order valence-electron chi connectivity index (χ3n) is 4.02. The molecule has 2 heterocycles. The minimum atomic E-state index is -0.0199. The summed E-state index contributed by atoms with van der Waals surface area (Å²) in [6.45, 7) is 2.58. The Morgan fingerprint density at radius 2 is 2.00 bits per heavy atom. The van der Waals surface area contributed by atoms with Crippen LogP contribution in [0.25, 0.3) is 0 Å². The summed E-state index contributed by atoms with van der Waals surface area (Å²) in [6, 6.07) is 10.9. The normalized spacial score (nSPS) is 16.0. The second-order valence-corrected chi connectivity index (χ2v) is 5.58. The fourth-order valence-corrected chi connectivity index (χ4v) is 2.70. The van der Waals surface area contributed by atoms with Crippen LogP contribution in [0.3, 0.4) is 0 Å². The van der Waals surface area contributed by atoms with Crippen molar-refractivity contribution < 1.29 is 14.3 Å². The van der Waals surface area contributed by atoms with Gasteiger partial charge >= 0.3 is 0 Å². The molecule has 2 aromatic rings. The summed E-state index contributed by atoms with van der Waals surface area (Å²) in [5, 5.41) is 3.32. The Bertz CT molecular complexity index is 671. The van der Waals surface area contributed by atoms with Gasteiger partial charge < -0.3 is 19.7 Å². The number of aromatic nitrogens is 1. The standard InChI is InChI=1S/C18H21N3O3.2ClH/c1-23-16-6-4-14(5-7-16)18(22)21-10-9-20-11-15(21)13-24-17-3-2-8-19-12-17;;/h2-8,12,15,20H,9-11,13H2,1H3;2*1H. The molecule has 1 N–H and O–H groups in total. The number of methoxy groups -OCH3 is 1. The zero-order chi connectivity index (χ0) is 16.8. The number of piperazine rings is 1. The highest BCUT2D eigenvalue weighted by molar-refractivity contribution is 5.94. The predicted octanol–water partition coefficient (Wildman–Crippen LogP) is 2.43. The first-order valence-corrected chi connectivity index (χ1v) is 7.96. The quantitative estimate of drug-likeness (QED) is 0.836. The Kier molecular flexibility index (Phi) is 9.19. The van der Waals surface area contributed by atoms with E-state index in [1.807, 2.05) is 17.0 Å². The molecule has 1 amide bonds. The van der Waals surface area contributed by atoms with Gasteiger partial charge in [0.1, 0.15) is 18.1 Å². The van der Waals surface area contributed by atoms with E-state index in [0.717, 1.165) is 12.3 Å². The summed E-state index contributed by atoms with van der Waals surface area (Å²) in [7, 11) is 1.61. The van der Waals surface area contributed by atoms with Gasteiger partial charge in [-0.2, -0.15) is 0 Å². The largest absolute Gasteiger partial charge is 0.497 e. The van der Waals surface area contributed by atoms with Crippen LogP contribution in [0, 0.1) is 0 Å². The topological polar surface area (TPSA) is 63.7 Å². The first-order valence-electron chi connectivity index (χ1n) is 7.96. The van der Waals surface area contributed by atoms with Gasteiger partial charge in [-0.1, -0.05) is 0 Å². The number of carbonyl (C=O) groups is 1. The van der Waals surface area contributed by atoms with Crippen molar-refractivity contribution in [2.45, 2.75) is 6.04 Å². The molecule has 0 saturated carbocycles. The lowest BCUT2D eigenvalue weighted by Gasteiger charge is -2.36. The van der Waals surface area contributed by atoms with E-state index in [1.165, 1.54) is 0 Å². The highest BCUT2D eigenvalue weighted by Crippen LogP contribution is 2.16. The van der Waals surface area contributed by atoms with E-state index >= 15 is 0 Å². The van der Waals surface area contributed by atoms with Crippen LogP contribution in [0.2, 0.25) is 0 Å². The van der Waals surface area contributed by atoms with Crippen molar-refractivity contribution in [2.75, 3.05) is 33.4 Å². The molecule has 1 aliphatic rings. The lowest BCUT2D eigenvalue weighted by molar-refractivity contribution is 0.0559. The van der Waals surface area contributed by atoms with Crippen LogP contribution >= 0.6 is 24.8 Å². The molecule has 1 aromatic heterocycles. The van der Waals surface area contributed by atoms with Gasteiger partial charge in [-0.15, -0.1) is 24.8 Å². The van der Waals surface area contributed by atoms with E-state index in [9.17, 15) is 4.79 Å². The van der Waals surface area contributed by atoms with E-state index < -0.39 is 0 Å². The Hall–Kier alpha value is -2.02. The Morgan fingerprint density at radius 3 is 2.65 bits per heavy atom. The van der Waals surface area contributed by atoms with Crippen LogP contribution in [0.1, 0.15) is 10.4 Å². The minimum Gasteiger partial charge on any atom is -0.497 e. The molecule has 0 radical (unpaired) electrons. The molecule has 1 saturated heterocycles. The highest BCUT2D eigenvalue weighted by Gasteiger charge is 2.28. The van der Waals surface area contributed by atoms with Gasteiger partial charge in [-0.25, -0.2) is 0 Å². The van der Waals surface area contributed by atoms with Gasteiger partial charge in [0.05, 0.1) is 19.3 Å². The number of ether oxygens (including phenoxy) is 2. The van der Waals surface area contributed by atoms with Crippen molar-refractivity contribution in [1.29, 1.82) is 0 Å². The summed E-state index contributed by atoms with van der Waals surface area (Å²) in [6.07, 6.45) is 3.38. The summed E-state index contributed by atoms with van der Waals surface area (Å²) < 4.78 is 10.9. The van der Waals surface area contributed by atoms with Crippen LogP contribution in [-0.4, -0.2) is 55.2 Å². The number of amides is 1. The Labute approximate surface area is 165 Å². The number of rotatable bonds is 5. The van der Waals surface area contributed by atoms with Crippen molar-refractivity contribution in [2.24, 2.45) is 0 Å². The zero-order valence-electron chi connectivity index (χ0n) is 14.5. The van der Waals surface area contributed by atoms with Crippen molar-refractivity contribution >= 4 is 30.7 Å². The summed E-state index contributed by atoms with van der Waals surface area (Å²) in [5.41, 5.74) is 0.657. The fourth-order valence-electron chi connectivity index (χ4n) is 2.70. The molecule has 1 atom stereocenters. The van der Waals surface area contributed by atoms with E-state index in [2.05, 4.69) is 10.3 Å². The van der Waals surface area contributed by atoms with E-state index in [-0.39, 0.29) is 36.8 Å². The maximum Gasteiger partial charge on any atom is 0.254 e. The molecule has 1 aliphatic heterocycles. The number of hydrogen-bond acceptors (Lipinski definition) is 5. The van der Waals surface area contributed by atoms with Gasteiger partial charge in [-0.3, -0.25) is 9.78 Å². The molecule has 142 valence electrons. The molecule has 8 heteroatoms. The van der Waals surface area contributed by atoms with Crippen LogP contribution in [0.15, 0.2) is 48.8 Å². The molecular formula is C18H23Cl2N3O3. The summed E-state index contributed by atoms with van der Waals surface area (Å²) in [5.74, 6) is 1.46. The maximum atomic E-state index is 12.8. The number of hydrogen-bond donors (Lipinski definition) is 1. The van der Waals surface area contributed by atoms with E-state index in [1.54, 1.807) is 43.8 Å². The first-order chi connectivity index (χ1) is 11.8. The van der Waals surface area contributed by atoms with Crippen LogP contribution < -0.4 is 14.8 Å². The SMILES string of the molecule is COc1ccc(C(=O)N2CCNCC2COc2cccnc2)cc1.Cl.Cl. The van der Waals surface area contributed by atoms with E-state index in [4.69, 9.17) is 9.47 Å². The smallest absolute Gasteiger partial charge is 0.254 e. The van der Waals surface area contributed by atoms with Gasteiger partial charge in [-0.05, 0) is 36.4 Å². The average molecular weight is 400 g/mol. The minimum absolute atomic E-state index is 0. The molecule has 1 aromatic carbocycles. The predicted molar refractivity (Wildman–Crippen MR) is 105 cm³/mol. The van der Waals surface area contributed by atoms with Gasteiger partial charge in [0.15, 0.2) is 0 Å². The molecule has 3 rings (SSSR count). The van der Waals surface area contributed by atoms with Crippen LogP contribution in [0.4, 0.5) is 0 Å². The zero-order valence-corrected chi connectivity index (χ0v) is 16.1. The second kappa shape index (κ2) is 10.9. The molecular weight excluding hydrogens is 377 g/mol. The maximum absolute atomic E-state index is 12.8. The lowest BCUT2D eigenvalue weighted by atomic mass is 10.1. The summed E-state index contributed by atoms with van der Waals surface area (Å²) >= 11 is 0. The van der Waals surface area contributed by atoms with Crippen LogP contribution in [-0.2, 0) is 0 Å². The van der Waals surface area contributed by atoms with Crippen molar-refractivity contribution in [3.8, 4) is 11.5 Å². The molecule has 6 nitrogen and oxygen atoms in total. The third kappa shape index (κ3) is 5.49. The number of benzene rings is 1. The van der Waals surface area contributed by atoms with Crippen LogP contribution in [0.5, 0.6) is 11.5 Å². The van der Waals surface area contributed by atoms with Crippen molar-refractivity contribution in [1.82, 2.24) is 15.2 Å². The number of pyridine rings is 1. The number of halogens is 2. The molecule has 1 unspecified atom stereocenters. The number of nitrogens with one attached hydrogen (secondary N) is 1. The van der Waals surface area contributed by atoms with Crippen molar-refractivity contribution in [3.63, 3.8) is 0 Å². The first kappa shape index (κ1) is 22.0. The highest BCUT2D eigenvalue weighted by atomic mass is 35.5. The third-order valence-corrected chi connectivity index (χ3v) is 4.02. The fraction of sp³-hybridized carbons (Fsp3) is 0.333. The van der Waals surface area contributed by atoms with Gasteiger partial charge in [0, 0.05) is 31.4 Å². The average Bonchev–Trinajstić information content (AvgIpc) is 2.67.